The van der Waals surface area contributed by atoms with E-state index in [0.29, 0.717) is 10.2 Å². The van der Waals surface area contributed by atoms with Crippen LogP contribution in [-0.2, 0) is 4.74 Å². The zero-order chi connectivity index (χ0) is 13.3. The normalized spacial score (nSPS) is 25.7. The maximum Gasteiger partial charge on any atom is 0.141 e. The molecule has 0 amide bonds. The summed E-state index contributed by atoms with van der Waals surface area (Å²) < 4.78 is 25.9. The molecule has 104 valence electrons. The van der Waals surface area contributed by atoms with Gasteiger partial charge in [-0.25, -0.2) is 4.39 Å². The summed E-state index contributed by atoms with van der Waals surface area (Å²) in [6, 6.07) is 4.94. The first-order valence-electron chi connectivity index (χ1n) is 6.93. The lowest BCUT2D eigenvalue weighted by Crippen LogP contribution is -2.41. The molecule has 3 rings (SSSR count). The van der Waals surface area contributed by atoms with E-state index < -0.39 is 0 Å². The Hall–Kier alpha value is -0.610. The lowest BCUT2D eigenvalue weighted by atomic mass is 9.90. The van der Waals surface area contributed by atoms with E-state index in [0.717, 1.165) is 32.3 Å². The van der Waals surface area contributed by atoms with Gasteiger partial charge in [0.05, 0.1) is 16.7 Å². The predicted molar refractivity (Wildman–Crippen MR) is 74.9 cm³/mol. The molecule has 0 bridgehead atoms. The van der Waals surface area contributed by atoms with Crippen molar-refractivity contribution in [2.75, 3.05) is 6.61 Å². The van der Waals surface area contributed by atoms with Crippen molar-refractivity contribution in [3.05, 3.63) is 28.5 Å². The Morgan fingerprint density at radius 2 is 2.11 bits per heavy atom. The molecule has 2 nitrogen and oxygen atoms in total. The quantitative estimate of drug-likeness (QED) is 0.798. The first kappa shape index (κ1) is 13.4. The minimum Gasteiger partial charge on any atom is -0.490 e. The van der Waals surface area contributed by atoms with Crippen molar-refractivity contribution in [2.24, 2.45) is 0 Å². The molecule has 1 aliphatic carbocycles. The van der Waals surface area contributed by atoms with Gasteiger partial charge in [-0.1, -0.05) is 12.8 Å². The van der Waals surface area contributed by atoms with E-state index in [-0.39, 0.29) is 17.5 Å². The van der Waals surface area contributed by atoms with Crippen molar-refractivity contribution in [2.45, 2.75) is 50.2 Å². The van der Waals surface area contributed by atoms with E-state index >= 15 is 0 Å². The average molecular weight is 329 g/mol. The van der Waals surface area contributed by atoms with Crippen LogP contribution in [0.4, 0.5) is 4.39 Å². The number of ether oxygens (including phenoxy) is 2. The highest BCUT2D eigenvalue weighted by Gasteiger charge is 2.40. The van der Waals surface area contributed by atoms with Crippen molar-refractivity contribution >= 4 is 15.9 Å². The summed E-state index contributed by atoms with van der Waals surface area (Å²) >= 11 is 3.15. The van der Waals surface area contributed by atoms with Crippen molar-refractivity contribution in [3.8, 4) is 5.75 Å². The van der Waals surface area contributed by atoms with E-state index in [4.69, 9.17) is 9.47 Å². The summed E-state index contributed by atoms with van der Waals surface area (Å²) in [4.78, 5) is 0. The summed E-state index contributed by atoms with van der Waals surface area (Å²) in [5.41, 5.74) is 0.0385. The van der Waals surface area contributed by atoms with Gasteiger partial charge < -0.3 is 9.47 Å². The molecule has 1 saturated carbocycles. The minimum absolute atomic E-state index is 0.0385. The van der Waals surface area contributed by atoms with Crippen LogP contribution >= 0.6 is 15.9 Å². The Kier molecular flexibility index (Phi) is 3.81. The lowest BCUT2D eigenvalue weighted by Gasteiger charge is -2.38. The van der Waals surface area contributed by atoms with Crippen LogP contribution in [0.15, 0.2) is 22.7 Å². The van der Waals surface area contributed by atoms with Crippen LogP contribution in [0.5, 0.6) is 5.75 Å². The van der Waals surface area contributed by atoms with Gasteiger partial charge in [0.2, 0.25) is 0 Å². The van der Waals surface area contributed by atoms with Gasteiger partial charge in [0.15, 0.2) is 0 Å². The van der Waals surface area contributed by atoms with Crippen molar-refractivity contribution in [1.82, 2.24) is 0 Å². The number of hydrogen-bond acceptors (Lipinski definition) is 2. The molecule has 19 heavy (non-hydrogen) atoms. The Labute approximate surface area is 121 Å². The fraction of sp³-hybridized carbons (Fsp3) is 0.600. The maximum absolute atomic E-state index is 13.5. The van der Waals surface area contributed by atoms with E-state index in [2.05, 4.69) is 15.9 Å². The fourth-order valence-electron chi connectivity index (χ4n) is 3.19. The predicted octanol–water partition coefficient (Wildman–Crippen LogP) is 4.46. The van der Waals surface area contributed by atoms with Crippen LogP contribution < -0.4 is 4.74 Å². The van der Waals surface area contributed by atoms with Gasteiger partial charge in [0.1, 0.15) is 17.7 Å². The number of rotatable bonds is 2. The zero-order valence-corrected chi connectivity index (χ0v) is 12.4. The summed E-state index contributed by atoms with van der Waals surface area (Å²) in [6.07, 6.45) is 6.75. The first-order chi connectivity index (χ1) is 9.17. The van der Waals surface area contributed by atoms with Gasteiger partial charge in [0.25, 0.3) is 0 Å². The van der Waals surface area contributed by atoms with Crippen LogP contribution in [-0.4, -0.2) is 18.3 Å². The van der Waals surface area contributed by atoms with Crippen LogP contribution in [0, 0.1) is 5.82 Å². The highest BCUT2D eigenvalue weighted by Crippen LogP contribution is 2.41. The Balaban J connectivity index is 1.67. The number of halogens is 2. The standard InChI is InChI=1S/C15H18BrFO2/c16-13-4-3-11(9-14(13)17)19-12-5-8-18-15(10-12)6-1-2-7-15/h3-4,9,12H,1-2,5-8,10H2. The van der Waals surface area contributed by atoms with Crippen LogP contribution in [0.2, 0.25) is 0 Å². The van der Waals surface area contributed by atoms with Gasteiger partial charge in [-0.15, -0.1) is 0 Å². The second kappa shape index (κ2) is 5.41. The lowest BCUT2D eigenvalue weighted by molar-refractivity contribution is -0.108. The molecule has 0 N–H and O–H groups in total. The number of hydrogen-bond donors (Lipinski definition) is 0. The fourth-order valence-corrected chi connectivity index (χ4v) is 3.44. The summed E-state index contributed by atoms with van der Waals surface area (Å²) in [5.74, 6) is 0.334. The summed E-state index contributed by atoms with van der Waals surface area (Å²) in [5, 5.41) is 0. The van der Waals surface area contributed by atoms with E-state index in [1.54, 1.807) is 6.07 Å². The Bertz CT molecular complexity index is 457. The SMILES string of the molecule is Fc1cc(OC2CCOC3(CCCC3)C2)ccc1Br. The molecule has 0 aromatic heterocycles. The van der Waals surface area contributed by atoms with E-state index in [1.165, 1.54) is 18.9 Å². The largest absolute Gasteiger partial charge is 0.490 e. The molecule has 4 heteroatoms. The molecule has 2 aliphatic rings. The highest BCUT2D eigenvalue weighted by molar-refractivity contribution is 9.10. The molecular formula is C15H18BrFO2. The first-order valence-corrected chi connectivity index (χ1v) is 7.72. The van der Waals surface area contributed by atoms with Gasteiger partial charge in [-0.3, -0.25) is 0 Å². The van der Waals surface area contributed by atoms with Crippen molar-refractivity contribution < 1.29 is 13.9 Å². The molecule has 1 aromatic carbocycles. The molecule has 1 aromatic rings. The van der Waals surface area contributed by atoms with Gasteiger partial charge in [0, 0.05) is 18.9 Å². The molecule has 0 radical (unpaired) electrons. The monoisotopic (exact) mass is 328 g/mol. The zero-order valence-electron chi connectivity index (χ0n) is 10.8. The topological polar surface area (TPSA) is 18.5 Å². The van der Waals surface area contributed by atoms with E-state index in [1.807, 2.05) is 6.07 Å². The molecule has 1 atom stereocenters. The molecule has 1 unspecified atom stereocenters. The Morgan fingerprint density at radius 3 is 2.84 bits per heavy atom. The third-order valence-electron chi connectivity index (χ3n) is 4.16. The molecule has 1 saturated heterocycles. The Morgan fingerprint density at radius 1 is 1.32 bits per heavy atom. The molecular weight excluding hydrogens is 311 g/mol. The van der Waals surface area contributed by atoms with Crippen LogP contribution in [0.3, 0.4) is 0 Å². The maximum atomic E-state index is 13.5. The smallest absolute Gasteiger partial charge is 0.141 e. The van der Waals surface area contributed by atoms with E-state index in [9.17, 15) is 4.39 Å². The highest BCUT2D eigenvalue weighted by atomic mass is 79.9. The molecule has 1 spiro atoms. The molecule has 1 aliphatic heterocycles. The second-order valence-corrected chi connectivity index (χ2v) is 6.40. The third-order valence-corrected chi connectivity index (χ3v) is 4.80. The molecule has 2 fully saturated rings. The van der Waals surface area contributed by atoms with Gasteiger partial charge >= 0.3 is 0 Å². The number of benzene rings is 1. The molecule has 1 heterocycles. The van der Waals surface area contributed by atoms with Crippen LogP contribution in [0.1, 0.15) is 38.5 Å². The van der Waals surface area contributed by atoms with Gasteiger partial charge in [-0.05, 0) is 40.9 Å². The van der Waals surface area contributed by atoms with Crippen LogP contribution in [0.25, 0.3) is 0 Å². The third kappa shape index (κ3) is 2.95. The van der Waals surface area contributed by atoms with Gasteiger partial charge in [-0.2, -0.15) is 0 Å². The van der Waals surface area contributed by atoms with Crippen molar-refractivity contribution in [3.63, 3.8) is 0 Å². The second-order valence-electron chi connectivity index (χ2n) is 5.55. The average Bonchev–Trinajstić information content (AvgIpc) is 2.82. The van der Waals surface area contributed by atoms with Crippen molar-refractivity contribution in [1.29, 1.82) is 0 Å². The summed E-state index contributed by atoms with van der Waals surface area (Å²) in [7, 11) is 0. The minimum atomic E-state index is -0.278. The summed E-state index contributed by atoms with van der Waals surface area (Å²) in [6.45, 7) is 0.754.